The minimum atomic E-state index is -1.03. The fraction of sp³-hybridized carbons (Fsp3) is 0.357. The van der Waals surface area contributed by atoms with Crippen molar-refractivity contribution in [2.24, 2.45) is 5.92 Å². The first-order chi connectivity index (χ1) is 9.49. The fourth-order valence-corrected chi connectivity index (χ4v) is 2.10. The number of benzene rings is 1. The van der Waals surface area contributed by atoms with Crippen LogP contribution in [0.25, 0.3) is 10.9 Å². The zero-order valence-corrected chi connectivity index (χ0v) is 11.5. The van der Waals surface area contributed by atoms with Crippen LogP contribution in [0.1, 0.15) is 24.3 Å². The first-order valence-electron chi connectivity index (χ1n) is 6.43. The van der Waals surface area contributed by atoms with Gasteiger partial charge in [0.15, 0.2) is 5.69 Å². The van der Waals surface area contributed by atoms with Crippen LogP contribution in [-0.2, 0) is 4.79 Å². The van der Waals surface area contributed by atoms with Crippen molar-refractivity contribution >= 4 is 22.8 Å². The molecular weight excluding hydrogens is 258 g/mol. The third-order valence-electron chi connectivity index (χ3n) is 2.87. The van der Waals surface area contributed by atoms with Gasteiger partial charge >= 0.3 is 5.97 Å². The molecule has 1 aromatic heterocycles. The van der Waals surface area contributed by atoms with Gasteiger partial charge in [-0.2, -0.15) is 5.10 Å². The summed E-state index contributed by atoms with van der Waals surface area (Å²) in [6.45, 7) is 3.93. The molecule has 1 aromatic carbocycles. The molecular formula is C14H17N3O3. The molecule has 106 valence electrons. The summed E-state index contributed by atoms with van der Waals surface area (Å²) in [6, 6.07) is 7.28. The van der Waals surface area contributed by atoms with Crippen molar-refractivity contribution in [3.05, 3.63) is 30.0 Å². The van der Waals surface area contributed by atoms with Crippen molar-refractivity contribution in [1.82, 2.24) is 15.1 Å². The van der Waals surface area contributed by atoms with E-state index in [4.69, 9.17) is 5.11 Å². The summed E-state index contributed by atoms with van der Waals surface area (Å²) in [5.41, 5.74) is 1.03. The van der Waals surface area contributed by atoms with E-state index in [1.807, 2.05) is 32.0 Å². The number of carbonyl (C=O) groups excluding carboxylic acids is 1. The first-order valence-corrected chi connectivity index (χ1v) is 6.43. The second-order valence-electron chi connectivity index (χ2n) is 5.09. The van der Waals surface area contributed by atoms with Gasteiger partial charge in [0, 0.05) is 11.9 Å². The van der Waals surface area contributed by atoms with Crippen LogP contribution in [0.4, 0.5) is 0 Å². The minimum Gasteiger partial charge on any atom is -0.480 e. The second-order valence-corrected chi connectivity index (χ2v) is 5.09. The number of rotatable bonds is 5. The maximum atomic E-state index is 12.5. The number of aromatic nitrogens is 2. The number of nitrogens with zero attached hydrogens (tertiary/aromatic N) is 2. The molecule has 0 spiro atoms. The minimum absolute atomic E-state index is 0.184. The molecule has 0 unspecified atom stereocenters. The van der Waals surface area contributed by atoms with E-state index in [0.717, 1.165) is 5.52 Å². The molecule has 0 aliphatic rings. The summed E-state index contributed by atoms with van der Waals surface area (Å²) in [5, 5.41) is 16.4. The Labute approximate surface area is 116 Å². The molecule has 2 rings (SSSR count). The summed E-state index contributed by atoms with van der Waals surface area (Å²) in [7, 11) is 0. The number of fused-ring (bicyclic) bond motifs is 1. The van der Waals surface area contributed by atoms with Crippen LogP contribution in [0.3, 0.4) is 0 Å². The number of carboxylic acids is 1. The van der Waals surface area contributed by atoms with Gasteiger partial charge in [0.2, 0.25) is 0 Å². The monoisotopic (exact) mass is 275 g/mol. The van der Waals surface area contributed by atoms with E-state index >= 15 is 0 Å². The molecule has 6 heteroatoms. The first kappa shape index (κ1) is 14.0. The molecule has 0 atom stereocenters. The number of carbonyl (C=O) groups is 2. The fourth-order valence-electron chi connectivity index (χ4n) is 2.10. The third kappa shape index (κ3) is 2.96. The van der Waals surface area contributed by atoms with Crippen LogP contribution in [0.2, 0.25) is 0 Å². The highest BCUT2D eigenvalue weighted by Crippen LogP contribution is 2.17. The van der Waals surface area contributed by atoms with E-state index in [9.17, 15) is 9.59 Å². The van der Waals surface area contributed by atoms with Gasteiger partial charge < -0.3 is 10.0 Å². The van der Waals surface area contributed by atoms with Crippen molar-refractivity contribution in [3.63, 3.8) is 0 Å². The van der Waals surface area contributed by atoms with Crippen molar-refractivity contribution in [3.8, 4) is 0 Å². The Morgan fingerprint density at radius 2 is 2.05 bits per heavy atom. The van der Waals surface area contributed by atoms with Gasteiger partial charge in [-0.25, -0.2) is 0 Å². The predicted molar refractivity (Wildman–Crippen MR) is 74.5 cm³/mol. The van der Waals surface area contributed by atoms with Crippen LogP contribution in [0.15, 0.2) is 24.3 Å². The molecule has 6 nitrogen and oxygen atoms in total. The Bertz CT molecular complexity index is 633. The van der Waals surface area contributed by atoms with Gasteiger partial charge in [0.25, 0.3) is 5.91 Å². The maximum Gasteiger partial charge on any atom is 0.323 e. The molecule has 0 aliphatic carbocycles. The van der Waals surface area contributed by atoms with E-state index in [1.54, 1.807) is 6.07 Å². The average molecular weight is 275 g/mol. The molecule has 1 heterocycles. The molecule has 1 amide bonds. The largest absolute Gasteiger partial charge is 0.480 e. The van der Waals surface area contributed by atoms with Gasteiger partial charge in [-0.3, -0.25) is 14.7 Å². The number of H-pyrrole nitrogens is 1. The lowest BCUT2D eigenvalue weighted by molar-refractivity contribution is -0.137. The van der Waals surface area contributed by atoms with Gasteiger partial charge in [-0.15, -0.1) is 0 Å². The number of aliphatic carboxylic acids is 1. The highest BCUT2D eigenvalue weighted by Gasteiger charge is 2.23. The molecule has 0 saturated carbocycles. The molecule has 0 bridgehead atoms. The van der Waals surface area contributed by atoms with Crippen LogP contribution in [0.5, 0.6) is 0 Å². The van der Waals surface area contributed by atoms with Crippen LogP contribution >= 0.6 is 0 Å². The average Bonchev–Trinajstić information content (AvgIpc) is 2.79. The lowest BCUT2D eigenvalue weighted by atomic mass is 10.1. The summed E-state index contributed by atoms with van der Waals surface area (Å²) in [6.07, 6.45) is 0. The number of nitrogens with one attached hydrogen (secondary N) is 1. The second kappa shape index (κ2) is 5.73. The van der Waals surface area contributed by atoms with E-state index in [0.29, 0.717) is 11.9 Å². The molecule has 0 fully saturated rings. The Balaban J connectivity index is 2.33. The molecule has 0 radical (unpaired) electrons. The predicted octanol–water partition coefficient (Wildman–Crippen LogP) is 1.75. The highest BCUT2D eigenvalue weighted by molar-refractivity contribution is 6.05. The smallest absolute Gasteiger partial charge is 0.323 e. The molecule has 2 N–H and O–H groups in total. The highest BCUT2D eigenvalue weighted by atomic mass is 16.4. The Hall–Kier alpha value is -2.37. The van der Waals surface area contributed by atoms with Gasteiger partial charge in [-0.05, 0) is 12.0 Å². The maximum absolute atomic E-state index is 12.5. The van der Waals surface area contributed by atoms with Crippen molar-refractivity contribution < 1.29 is 14.7 Å². The van der Waals surface area contributed by atoms with Crippen molar-refractivity contribution in [2.75, 3.05) is 13.1 Å². The van der Waals surface area contributed by atoms with E-state index in [-0.39, 0.29) is 24.1 Å². The Morgan fingerprint density at radius 1 is 1.35 bits per heavy atom. The van der Waals surface area contributed by atoms with E-state index in [2.05, 4.69) is 10.2 Å². The number of amides is 1. The van der Waals surface area contributed by atoms with E-state index < -0.39 is 5.97 Å². The summed E-state index contributed by atoms with van der Waals surface area (Å²) in [4.78, 5) is 24.7. The van der Waals surface area contributed by atoms with Crippen LogP contribution in [-0.4, -0.2) is 45.2 Å². The summed E-state index contributed by atoms with van der Waals surface area (Å²) < 4.78 is 0. The zero-order valence-electron chi connectivity index (χ0n) is 11.5. The van der Waals surface area contributed by atoms with Gasteiger partial charge in [0.1, 0.15) is 6.54 Å². The molecule has 0 saturated heterocycles. The summed E-state index contributed by atoms with van der Waals surface area (Å²) in [5.74, 6) is -1.21. The molecule has 0 aliphatic heterocycles. The lowest BCUT2D eigenvalue weighted by Gasteiger charge is -2.21. The van der Waals surface area contributed by atoms with Gasteiger partial charge in [0.05, 0.1) is 5.52 Å². The van der Waals surface area contributed by atoms with E-state index in [1.165, 1.54) is 4.90 Å². The third-order valence-corrected chi connectivity index (χ3v) is 2.87. The number of hydrogen-bond donors (Lipinski definition) is 2. The number of carboxylic acid groups (broad SMARTS) is 1. The van der Waals surface area contributed by atoms with Crippen LogP contribution in [0, 0.1) is 5.92 Å². The number of aromatic amines is 1. The SMILES string of the molecule is CC(C)CN(CC(=O)O)C(=O)c1n[nH]c2ccccc12. The molecule has 20 heavy (non-hydrogen) atoms. The number of hydrogen-bond acceptors (Lipinski definition) is 3. The van der Waals surface area contributed by atoms with Crippen LogP contribution < -0.4 is 0 Å². The summed E-state index contributed by atoms with van der Waals surface area (Å²) >= 11 is 0. The normalized spacial score (nSPS) is 10.9. The Kier molecular flexibility index (Phi) is 4.02. The number of para-hydroxylation sites is 1. The lowest BCUT2D eigenvalue weighted by Crippen LogP contribution is -2.38. The topological polar surface area (TPSA) is 86.3 Å². The van der Waals surface area contributed by atoms with Crippen molar-refractivity contribution in [2.45, 2.75) is 13.8 Å². The quantitative estimate of drug-likeness (QED) is 0.870. The van der Waals surface area contributed by atoms with Crippen molar-refractivity contribution in [1.29, 1.82) is 0 Å². The standard InChI is InChI=1S/C14H17N3O3/c1-9(2)7-17(8-12(18)19)14(20)13-10-5-3-4-6-11(10)15-16-13/h3-6,9H,7-8H2,1-2H3,(H,15,16)(H,18,19). The molecule has 2 aromatic rings. The zero-order chi connectivity index (χ0) is 14.7. The van der Waals surface area contributed by atoms with Gasteiger partial charge in [-0.1, -0.05) is 32.0 Å². The Morgan fingerprint density at radius 3 is 2.70 bits per heavy atom.